The van der Waals surface area contributed by atoms with Crippen molar-refractivity contribution in [2.75, 3.05) is 46.4 Å². The predicted molar refractivity (Wildman–Crippen MR) is 114 cm³/mol. The van der Waals surface area contributed by atoms with Gasteiger partial charge >= 0.3 is 0 Å². The molecule has 2 aliphatic rings. The van der Waals surface area contributed by atoms with Gasteiger partial charge in [-0.05, 0) is 58.2 Å². The van der Waals surface area contributed by atoms with E-state index < -0.39 is 0 Å². The summed E-state index contributed by atoms with van der Waals surface area (Å²) < 4.78 is 6.01. The molecule has 0 radical (unpaired) electrons. The summed E-state index contributed by atoms with van der Waals surface area (Å²) in [4.78, 5) is 17.9. The first-order valence-corrected chi connectivity index (χ1v) is 11.3. The molecule has 0 bridgehead atoms. The topological polar surface area (TPSA) is 92.0 Å². The zero-order valence-electron chi connectivity index (χ0n) is 17.8. The number of amides is 1. The number of nitrogens with zero attached hydrogens (tertiary/aromatic N) is 2. The molecule has 0 aromatic carbocycles. The van der Waals surface area contributed by atoms with Crippen LogP contribution in [0.3, 0.4) is 0 Å². The van der Waals surface area contributed by atoms with Gasteiger partial charge in [-0.2, -0.15) is 0 Å². The van der Waals surface area contributed by atoms with E-state index in [0.29, 0.717) is 6.10 Å². The van der Waals surface area contributed by atoms with Crippen LogP contribution in [0.1, 0.15) is 64.2 Å². The lowest BCUT2D eigenvalue weighted by Crippen LogP contribution is -2.40. The fourth-order valence-electron chi connectivity index (χ4n) is 4.13. The molecular weight excluding hydrogens is 354 g/mol. The van der Waals surface area contributed by atoms with Gasteiger partial charge < -0.3 is 26.0 Å². The average molecular weight is 396 g/mol. The molecular formula is C21H41N5O2. The Morgan fingerprint density at radius 2 is 1.71 bits per heavy atom. The monoisotopic (exact) mass is 395 g/mol. The molecule has 1 aliphatic carbocycles. The molecule has 0 unspecified atom stereocenters. The van der Waals surface area contributed by atoms with Crippen LogP contribution in [0, 0.1) is 5.92 Å². The van der Waals surface area contributed by atoms with Gasteiger partial charge in [0.15, 0.2) is 5.96 Å². The number of aliphatic imine (C=N–C) groups is 1. The van der Waals surface area contributed by atoms with E-state index in [9.17, 15) is 4.79 Å². The molecule has 1 aliphatic heterocycles. The highest BCUT2D eigenvalue weighted by Gasteiger charge is 2.22. The van der Waals surface area contributed by atoms with Crippen molar-refractivity contribution in [1.82, 2.24) is 15.5 Å². The van der Waals surface area contributed by atoms with Crippen molar-refractivity contribution >= 4 is 11.9 Å². The lowest BCUT2D eigenvalue weighted by Gasteiger charge is -2.30. The van der Waals surface area contributed by atoms with E-state index in [-0.39, 0.29) is 11.8 Å². The van der Waals surface area contributed by atoms with Crippen molar-refractivity contribution in [2.24, 2.45) is 16.6 Å². The smallest absolute Gasteiger partial charge is 0.220 e. The molecule has 2 rings (SSSR count). The van der Waals surface area contributed by atoms with Gasteiger partial charge in [-0.15, -0.1) is 0 Å². The molecule has 1 amide bonds. The van der Waals surface area contributed by atoms with Crippen LogP contribution in [-0.2, 0) is 9.53 Å². The highest BCUT2D eigenvalue weighted by molar-refractivity contribution is 5.79. The zero-order chi connectivity index (χ0) is 20.0. The minimum atomic E-state index is -0.137. The van der Waals surface area contributed by atoms with E-state index in [4.69, 9.17) is 10.5 Å². The summed E-state index contributed by atoms with van der Waals surface area (Å²) in [6, 6.07) is 0. The van der Waals surface area contributed by atoms with Crippen molar-refractivity contribution in [3.63, 3.8) is 0 Å². The Balaban J connectivity index is 1.45. The lowest BCUT2D eigenvalue weighted by molar-refractivity contribution is -0.123. The second-order valence-electron chi connectivity index (χ2n) is 8.14. The van der Waals surface area contributed by atoms with E-state index in [1.54, 1.807) is 0 Å². The van der Waals surface area contributed by atoms with Crippen LogP contribution in [0.4, 0.5) is 0 Å². The molecule has 7 heteroatoms. The van der Waals surface area contributed by atoms with Crippen LogP contribution in [0.5, 0.6) is 0 Å². The second-order valence-corrected chi connectivity index (χ2v) is 8.14. The number of hydrogen-bond acceptors (Lipinski definition) is 4. The number of ether oxygens (including phenoxy) is 1. The van der Waals surface area contributed by atoms with Gasteiger partial charge in [-0.25, -0.2) is 0 Å². The summed E-state index contributed by atoms with van der Waals surface area (Å²) in [7, 11) is 1.81. The van der Waals surface area contributed by atoms with Gasteiger partial charge in [0.2, 0.25) is 5.91 Å². The van der Waals surface area contributed by atoms with Crippen molar-refractivity contribution in [1.29, 1.82) is 0 Å². The number of nitrogens with one attached hydrogen (secondary N) is 2. The standard InChI is InChI=1S/C21H41N5O2/c1-23-21(25-13-17-28-19-8-4-2-3-5-9-19)24-12-6-7-14-26-15-10-18(11-16-26)20(22)27/h18-19H,2-17H2,1H3,(H2,22,27)(H2,23,24,25). The number of hydrogen-bond donors (Lipinski definition) is 3. The molecule has 4 N–H and O–H groups in total. The molecule has 28 heavy (non-hydrogen) atoms. The summed E-state index contributed by atoms with van der Waals surface area (Å²) in [5, 5.41) is 6.72. The number of rotatable bonds is 10. The van der Waals surface area contributed by atoms with Crippen LogP contribution >= 0.6 is 0 Å². The third-order valence-electron chi connectivity index (χ3n) is 5.96. The van der Waals surface area contributed by atoms with Crippen molar-refractivity contribution < 1.29 is 9.53 Å². The van der Waals surface area contributed by atoms with Crippen LogP contribution in [0.25, 0.3) is 0 Å². The molecule has 0 spiro atoms. The Morgan fingerprint density at radius 1 is 1.04 bits per heavy atom. The van der Waals surface area contributed by atoms with Crippen LogP contribution in [0.15, 0.2) is 4.99 Å². The summed E-state index contributed by atoms with van der Waals surface area (Å²) in [5.74, 6) is 0.799. The molecule has 1 saturated heterocycles. The Bertz CT molecular complexity index is 456. The first-order chi connectivity index (χ1) is 13.7. The zero-order valence-corrected chi connectivity index (χ0v) is 17.8. The number of carbonyl (C=O) groups excluding carboxylic acids is 1. The summed E-state index contributed by atoms with van der Waals surface area (Å²) in [6.07, 6.45) is 12.3. The van der Waals surface area contributed by atoms with Crippen LogP contribution in [-0.4, -0.2) is 69.2 Å². The maximum atomic E-state index is 11.2. The normalized spacial score (nSPS) is 20.7. The Kier molecular flexibility index (Phi) is 11.3. The van der Waals surface area contributed by atoms with Gasteiger partial charge in [-0.1, -0.05) is 25.7 Å². The quantitative estimate of drug-likeness (QED) is 0.227. The number of piperidine rings is 1. The van der Waals surface area contributed by atoms with Gasteiger partial charge in [0, 0.05) is 26.1 Å². The van der Waals surface area contributed by atoms with E-state index >= 15 is 0 Å². The molecule has 7 nitrogen and oxygen atoms in total. The fourth-order valence-corrected chi connectivity index (χ4v) is 4.13. The maximum Gasteiger partial charge on any atom is 0.220 e. The van der Waals surface area contributed by atoms with Crippen LogP contribution in [0.2, 0.25) is 0 Å². The van der Waals surface area contributed by atoms with Crippen LogP contribution < -0.4 is 16.4 Å². The van der Waals surface area contributed by atoms with E-state index in [2.05, 4.69) is 20.5 Å². The SMILES string of the molecule is CN=C(NCCCCN1CCC(C(N)=O)CC1)NCCOC1CCCCCC1. The van der Waals surface area contributed by atoms with Gasteiger partial charge in [0.25, 0.3) is 0 Å². The largest absolute Gasteiger partial charge is 0.376 e. The number of likely N-dealkylation sites (tertiary alicyclic amines) is 1. The van der Waals surface area contributed by atoms with Crippen molar-refractivity contribution in [3.05, 3.63) is 0 Å². The first kappa shape index (κ1) is 22.9. The predicted octanol–water partition coefficient (Wildman–Crippen LogP) is 1.87. The Morgan fingerprint density at radius 3 is 2.36 bits per heavy atom. The molecule has 0 atom stereocenters. The number of unbranched alkanes of at least 4 members (excludes halogenated alkanes) is 1. The first-order valence-electron chi connectivity index (χ1n) is 11.3. The highest BCUT2D eigenvalue weighted by atomic mass is 16.5. The summed E-state index contributed by atoms with van der Waals surface area (Å²) in [5.41, 5.74) is 5.39. The average Bonchev–Trinajstić information content (AvgIpc) is 2.98. The molecule has 0 aromatic rings. The molecule has 162 valence electrons. The lowest BCUT2D eigenvalue weighted by atomic mass is 9.96. The van der Waals surface area contributed by atoms with E-state index in [0.717, 1.165) is 71.0 Å². The Hall–Kier alpha value is -1.34. The maximum absolute atomic E-state index is 11.2. The minimum absolute atomic E-state index is 0.0823. The molecule has 0 aromatic heterocycles. The fraction of sp³-hybridized carbons (Fsp3) is 0.905. The second kappa shape index (κ2) is 13.8. The minimum Gasteiger partial charge on any atom is -0.376 e. The number of carbonyl (C=O) groups is 1. The van der Waals surface area contributed by atoms with Gasteiger partial charge in [-0.3, -0.25) is 9.79 Å². The summed E-state index contributed by atoms with van der Waals surface area (Å²) in [6.45, 7) is 5.53. The number of primary amides is 1. The van der Waals surface area contributed by atoms with Crippen molar-refractivity contribution in [3.8, 4) is 0 Å². The van der Waals surface area contributed by atoms with Crippen molar-refractivity contribution in [2.45, 2.75) is 70.3 Å². The Labute approximate surface area is 170 Å². The highest BCUT2D eigenvalue weighted by Crippen LogP contribution is 2.19. The van der Waals surface area contributed by atoms with E-state index in [1.165, 1.54) is 38.5 Å². The third kappa shape index (κ3) is 9.24. The van der Waals surface area contributed by atoms with Gasteiger partial charge in [0.1, 0.15) is 0 Å². The number of guanidine groups is 1. The van der Waals surface area contributed by atoms with Gasteiger partial charge in [0.05, 0.1) is 12.7 Å². The molecule has 2 fully saturated rings. The summed E-state index contributed by atoms with van der Waals surface area (Å²) >= 11 is 0. The third-order valence-corrected chi connectivity index (χ3v) is 5.96. The van der Waals surface area contributed by atoms with E-state index in [1.807, 2.05) is 7.05 Å². The molecule has 1 heterocycles. The molecule has 1 saturated carbocycles. The number of nitrogens with two attached hydrogens (primary N) is 1.